The van der Waals surface area contributed by atoms with Crippen molar-refractivity contribution in [2.24, 2.45) is 0 Å². The first-order valence-electron chi connectivity index (χ1n) is 4.58. The summed E-state index contributed by atoms with van der Waals surface area (Å²) in [5.41, 5.74) is 5.23. The number of ether oxygens (including phenoxy) is 1. The van der Waals surface area contributed by atoms with Gasteiger partial charge in [0.05, 0.1) is 5.56 Å². The van der Waals surface area contributed by atoms with Gasteiger partial charge in [0.15, 0.2) is 5.78 Å². The van der Waals surface area contributed by atoms with Crippen molar-refractivity contribution in [3.05, 3.63) is 23.8 Å². The van der Waals surface area contributed by atoms with E-state index < -0.39 is 17.9 Å². The van der Waals surface area contributed by atoms with Gasteiger partial charge < -0.3 is 10.5 Å². The normalized spacial score (nSPS) is 11.3. The molecule has 0 aliphatic heterocycles. The summed E-state index contributed by atoms with van der Waals surface area (Å²) in [4.78, 5) is 11.5. The second kappa shape index (κ2) is 5.27. The molecular weight excluding hydrogens is 259 g/mol. The van der Waals surface area contributed by atoms with Gasteiger partial charge in [-0.05, 0) is 12.1 Å². The molecule has 0 aliphatic rings. The molecule has 2 N–H and O–H groups in total. The Morgan fingerprint density at radius 1 is 1.41 bits per heavy atom. The quantitative estimate of drug-likeness (QED) is 0.518. The lowest BCUT2D eigenvalue weighted by Gasteiger charge is -2.12. The Hall–Kier alpha value is -1.43. The lowest BCUT2D eigenvalue weighted by molar-refractivity contribution is -0.274. The van der Waals surface area contributed by atoms with Crippen molar-refractivity contribution >= 4 is 23.1 Å². The molecule has 17 heavy (non-hydrogen) atoms. The Bertz CT molecular complexity index is 421. The van der Waals surface area contributed by atoms with Crippen LogP contribution in [-0.2, 0) is 0 Å². The topological polar surface area (TPSA) is 52.3 Å². The summed E-state index contributed by atoms with van der Waals surface area (Å²) >= 11 is 5.35. The Morgan fingerprint density at radius 2 is 2.06 bits per heavy atom. The molecule has 0 amide bonds. The number of nitrogens with two attached hydrogens (primary N) is 1. The number of hydrogen-bond acceptors (Lipinski definition) is 3. The van der Waals surface area contributed by atoms with Gasteiger partial charge in [-0.3, -0.25) is 4.79 Å². The van der Waals surface area contributed by atoms with Crippen molar-refractivity contribution < 1.29 is 22.7 Å². The zero-order valence-electron chi connectivity index (χ0n) is 8.55. The maximum absolute atomic E-state index is 12.1. The van der Waals surface area contributed by atoms with Gasteiger partial charge in [0, 0.05) is 24.1 Å². The summed E-state index contributed by atoms with van der Waals surface area (Å²) in [6, 6.07) is 3.46. The highest BCUT2D eigenvalue weighted by molar-refractivity contribution is 6.19. The van der Waals surface area contributed by atoms with Crippen LogP contribution in [0.4, 0.5) is 18.9 Å². The van der Waals surface area contributed by atoms with Crippen LogP contribution < -0.4 is 10.5 Å². The van der Waals surface area contributed by atoms with E-state index in [0.717, 1.165) is 6.07 Å². The van der Waals surface area contributed by atoms with Gasteiger partial charge in [0.25, 0.3) is 0 Å². The van der Waals surface area contributed by atoms with E-state index in [1.165, 1.54) is 12.1 Å². The second-order valence-electron chi connectivity index (χ2n) is 3.17. The Kier molecular flexibility index (Phi) is 4.22. The van der Waals surface area contributed by atoms with Crippen molar-refractivity contribution in [1.82, 2.24) is 0 Å². The van der Waals surface area contributed by atoms with E-state index in [1.54, 1.807) is 0 Å². The maximum Gasteiger partial charge on any atom is 0.573 e. The van der Waals surface area contributed by atoms with Crippen LogP contribution >= 0.6 is 11.6 Å². The summed E-state index contributed by atoms with van der Waals surface area (Å²) in [6.07, 6.45) is -4.94. The van der Waals surface area contributed by atoms with E-state index in [4.69, 9.17) is 17.3 Å². The number of benzene rings is 1. The van der Waals surface area contributed by atoms with Crippen molar-refractivity contribution in [1.29, 1.82) is 0 Å². The minimum absolute atomic E-state index is 0.0225. The van der Waals surface area contributed by atoms with Crippen molar-refractivity contribution in [3.8, 4) is 5.75 Å². The molecule has 0 fully saturated rings. The first kappa shape index (κ1) is 13.6. The van der Waals surface area contributed by atoms with Crippen molar-refractivity contribution in [2.45, 2.75) is 12.8 Å². The molecule has 0 unspecified atom stereocenters. The SMILES string of the molecule is Nc1ccc(C(=O)CCCl)c(OC(F)(F)F)c1. The number of carbonyl (C=O) groups is 1. The molecule has 1 rings (SSSR count). The summed E-state index contributed by atoms with van der Waals surface area (Å²) in [7, 11) is 0. The lowest BCUT2D eigenvalue weighted by atomic mass is 10.1. The van der Waals surface area contributed by atoms with Gasteiger partial charge in [-0.1, -0.05) is 0 Å². The monoisotopic (exact) mass is 267 g/mol. The number of nitrogen functional groups attached to an aromatic ring is 1. The number of rotatable bonds is 4. The fourth-order valence-corrected chi connectivity index (χ4v) is 1.37. The molecule has 0 saturated carbocycles. The van der Waals surface area contributed by atoms with E-state index in [1.807, 2.05) is 0 Å². The maximum atomic E-state index is 12.1. The van der Waals surface area contributed by atoms with E-state index in [-0.39, 0.29) is 23.6 Å². The molecule has 0 bridgehead atoms. The molecule has 0 heterocycles. The summed E-state index contributed by atoms with van der Waals surface area (Å²) in [6.45, 7) is 0. The molecule has 0 aliphatic carbocycles. The van der Waals surface area contributed by atoms with E-state index >= 15 is 0 Å². The molecule has 94 valence electrons. The molecule has 0 spiro atoms. The summed E-state index contributed by atoms with van der Waals surface area (Å²) in [5.74, 6) is -1.11. The second-order valence-corrected chi connectivity index (χ2v) is 3.54. The van der Waals surface area contributed by atoms with E-state index in [9.17, 15) is 18.0 Å². The van der Waals surface area contributed by atoms with E-state index in [2.05, 4.69) is 4.74 Å². The predicted molar refractivity (Wildman–Crippen MR) is 57.2 cm³/mol. The van der Waals surface area contributed by atoms with Gasteiger partial charge in [0.1, 0.15) is 5.75 Å². The first-order chi connectivity index (χ1) is 7.83. The number of alkyl halides is 4. The third kappa shape index (κ3) is 4.14. The number of anilines is 1. The Labute approximate surface area is 100 Å². The number of hydrogen-bond donors (Lipinski definition) is 1. The Balaban J connectivity index is 3.08. The molecule has 0 saturated heterocycles. The number of Topliss-reactive ketones (excluding diaryl/α,β-unsaturated/α-hetero) is 1. The van der Waals surface area contributed by atoms with Crippen LogP contribution in [0.2, 0.25) is 0 Å². The highest BCUT2D eigenvalue weighted by Crippen LogP contribution is 2.29. The average Bonchev–Trinajstić information content (AvgIpc) is 2.15. The largest absolute Gasteiger partial charge is 0.573 e. The standard InChI is InChI=1S/C10H9ClF3NO2/c11-4-3-8(16)7-2-1-6(15)5-9(7)17-10(12,13)14/h1-2,5H,3-4,15H2. The van der Waals surface area contributed by atoms with Crippen LogP contribution in [-0.4, -0.2) is 18.0 Å². The van der Waals surface area contributed by atoms with Crippen molar-refractivity contribution in [3.63, 3.8) is 0 Å². The van der Waals surface area contributed by atoms with Gasteiger partial charge in [-0.2, -0.15) is 0 Å². The number of halogens is 4. The van der Waals surface area contributed by atoms with Crippen LogP contribution in [0.3, 0.4) is 0 Å². The molecular formula is C10H9ClF3NO2. The summed E-state index contributed by atoms with van der Waals surface area (Å²) in [5, 5.41) is 0. The third-order valence-corrected chi connectivity index (χ3v) is 2.04. The molecule has 1 aromatic rings. The molecule has 1 aromatic carbocycles. The molecule has 7 heteroatoms. The predicted octanol–water partition coefficient (Wildman–Crippen LogP) is 2.98. The molecule has 0 atom stereocenters. The van der Waals surface area contributed by atoms with E-state index in [0.29, 0.717) is 0 Å². The number of ketones is 1. The first-order valence-corrected chi connectivity index (χ1v) is 5.11. The smallest absolute Gasteiger partial charge is 0.405 e. The lowest BCUT2D eigenvalue weighted by Crippen LogP contribution is -2.19. The zero-order chi connectivity index (χ0) is 13.1. The van der Waals surface area contributed by atoms with Gasteiger partial charge in [-0.25, -0.2) is 0 Å². The van der Waals surface area contributed by atoms with Crippen LogP contribution in [0.5, 0.6) is 5.75 Å². The van der Waals surface area contributed by atoms with Crippen LogP contribution in [0.25, 0.3) is 0 Å². The number of carbonyl (C=O) groups excluding carboxylic acids is 1. The third-order valence-electron chi connectivity index (χ3n) is 1.85. The van der Waals surface area contributed by atoms with Crippen LogP contribution in [0, 0.1) is 0 Å². The fourth-order valence-electron chi connectivity index (χ4n) is 1.20. The van der Waals surface area contributed by atoms with Gasteiger partial charge in [0.2, 0.25) is 0 Å². The molecule has 0 aromatic heterocycles. The highest BCUT2D eigenvalue weighted by Gasteiger charge is 2.32. The van der Waals surface area contributed by atoms with Crippen LogP contribution in [0.15, 0.2) is 18.2 Å². The van der Waals surface area contributed by atoms with Crippen LogP contribution in [0.1, 0.15) is 16.8 Å². The fraction of sp³-hybridized carbons (Fsp3) is 0.300. The van der Waals surface area contributed by atoms with Gasteiger partial charge >= 0.3 is 6.36 Å². The molecule has 3 nitrogen and oxygen atoms in total. The molecule has 0 radical (unpaired) electrons. The highest BCUT2D eigenvalue weighted by atomic mass is 35.5. The van der Waals surface area contributed by atoms with Crippen molar-refractivity contribution in [2.75, 3.05) is 11.6 Å². The summed E-state index contributed by atoms with van der Waals surface area (Å²) < 4.78 is 40.0. The Morgan fingerprint density at radius 3 is 2.59 bits per heavy atom. The van der Waals surface area contributed by atoms with Gasteiger partial charge in [-0.15, -0.1) is 24.8 Å². The zero-order valence-corrected chi connectivity index (χ0v) is 9.31. The average molecular weight is 268 g/mol. The minimum Gasteiger partial charge on any atom is -0.405 e. The minimum atomic E-state index is -4.87.